The Hall–Kier alpha value is -6.12. The first kappa shape index (κ1) is 18.6. The number of rotatable bonds is 3. The highest BCUT2D eigenvalue weighted by Gasteiger charge is 2.23. The summed E-state index contributed by atoms with van der Waals surface area (Å²) in [7, 11) is 0. The van der Waals surface area contributed by atoms with Gasteiger partial charge in [0.1, 0.15) is 22.3 Å². The van der Waals surface area contributed by atoms with E-state index in [1.165, 1.54) is 0 Å². The predicted molar refractivity (Wildman–Crippen MR) is 192 cm³/mol. The van der Waals surface area contributed by atoms with Gasteiger partial charge in [-0.15, -0.1) is 0 Å². The van der Waals surface area contributed by atoms with E-state index in [1.807, 2.05) is 84.9 Å². The molecule has 2 aromatic heterocycles. The molecule has 0 aliphatic carbocycles. The molecule has 46 heavy (non-hydrogen) atoms. The maximum absolute atomic E-state index is 9.53. The van der Waals surface area contributed by atoms with Crippen molar-refractivity contribution in [3.8, 4) is 33.4 Å². The fourth-order valence-electron chi connectivity index (χ4n) is 6.98. The van der Waals surface area contributed by atoms with Gasteiger partial charge in [-0.2, -0.15) is 0 Å². The van der Waals surface area contributed by atoms with Crippen molar-refractivity contribution >= 4 is 65.4 Å². The Balaban J connectivity index is 1.51. The third-order valence-electron chi connectivity index (χ3n) is 8.92. The van der Waals surface area contributed by atoms with Crippen molar-refractivity contribution in [2.45, 2.75) is 0 Å². The second-order valence-corrected chi connectivity index (χ2v) is 11.4. The minimum absolute atomic E-state index is 0.140. The second kappa shape index (κ2) is 9.69. The van der Waals surface area contributed by atoms with Crippen LogP contribution in [0, 0.1) is 0 Å². The highest BCUT2D eigenvalue weighted by atomic mass is 16.3. The van der Waals surface area contributed by atoms with Gasteiger partial charge in [0.05, 0.1) is 11.0 Å². The van der Waals surface area contributed by atoms with Crippen LogP contribution in [0.2, 0.25) is 0 Å². The summed E-state index contributed by atoms with van der Waals surface area (Å²) in [4.78, 5) is 0. The van der Waals surface area contributed by atoms with Crippen LogP contribution in [0.4, 0.5) is 0 Å². The van der Waals surface area contributed by atoms with Crippen molar-refractivity contribution in [1.29, 1.82) is 0 Å². The second-order valence-electron chi connectivity index (χ2n) is 11.4. The number of para-hydroxylation sites is 2. The van der Waals surface area contributed by atoms with E-state index in [1.54, 1.807) is 24.3 Å². The summed E-state index contributed by atoms with van der Waals surface area (Å²) in [6.07, 6.45) is 0. The van der Waals surface area contributed by atoms with Gasteiger partial charge < -0.3 is 8.83 Å². The first-order chi connectivity index (χ1) is 26.2. The first-order valence-electron chi connectivity index (χ1n) is 19.0. The zero-order valence-corrected chi connectivity index (χ0v) is 24.2. The molecule has 2 heterocycles. The lowest BCUT2D eigenvalue weighted by molar-refractivity contribution is 0.669. The van der Waals surface area contributed by atoms with Crippen LogP contribution in [0.1, 0.15) is 11.0 Å². The van der Waals surface area contributed by atoms with E-state index >= 15 is 0 Å². The van der Waals surface area contributed by atoms with Crippen LogP contribution < -0.4 is 0 Å². The molecule has 8 aromatic carbocycles. The molecule has 2 heteroatoms. The number of hydrogen-bond donors (Lipinski definition) is 0. The van der Waals surface area contributed by atoms with Gasteiger partial charge >= 0.3 is 0 Å². The van der Waals surface area contributed by atoms with Gasteiger partial charge in [0.2, 0.25) is 0 Å². The molecule has 2 nitrogen and oxygen atoms in total. The molecule has 0 amide bonds. The van der Waals surface area contributed by atoms with E-state index < -0.39 is 24.2 Å². The third kappa shape index (κ3) is 3.59. The Morgan fingerprint density at radius 2 is 0.935 bits per heavy atom. The number of furan rings is 2. The minimum atomic E-state index is -0.456. The van der Waals surface area contributed by atoms with Crippen LogP contribution >= 0.6 is 0 Å². The van der Waals surface area contributed by atoms with Crippen LogP contribution in [0.15, 0.2) is 166 Å². The van der Waals surface area contributed by atoms with E-state index in [-0.39, 0.29) is 51.3 Å². The Morgan fingerprint density at radius 3 is 1.65 bits per heavy atom. The molecular formula is C44H26O2. The zero-order chi connectivity index (χ0) is 37.2. The minimum Gasteiger partial charge on any atom is -0.456 e. The van der Waals surface area contributed by atoms with Gasteiger partial charge in [-0.25, -0.2) is 0 Å². The maximum Gasteiger partial charge on any atom is 0.136 e. The molecule has 0 bridgehead atoms. The Labute approximate surface area is 276 Å². The molecule has 214 valence electrons. The summed E-state index contributed by atoms with van der Waals surface area (Å²) >= 11 is 0. The number of hydrogen-bond acceptors (Lipinski definition) is 2. The fraction of sp³-hybridized carbons (Fsp3) is 0. The van der Waals surface area contributed by atoms with Gasteiger partial charge in [0.25, 0.3) is 0 Å². The first-order valence-corrected chi connectivity index (χ1v) is 15.0. The normalized spacial score (nSPS) is 14.3. The number of fused-ring (bicyclic) bond motifs is 8. The number of benzene rings is 8. The van der Waals surface area contributed by atoms with Crippen LogP contribution in [0.5, 0.6) is 0 Å². The highest BCUT2D eigenvalue weighted by Crippen LogP contribution is 2.50. The average Bonchev–Trinajstić information content (AvgIpc) is 3.77. The molecule has 0 saturated carbocycles. The molecule has 10 aromatic rings. The maximum atomic E-state index is 9.53. The van der Waals surface area contributed by atoms with Gasteiger partial charge in [0, 0.05) is 27.1 Å². The molecule has 10 rings (SSSR count). The molecule has 0 saturated heterocycles. The molecule has 0 radical (unpaired) electrons. The van der Waals surface area contributed by atoms with Crippen molar-refractivity contribution in [3.05, 3.63) is 158 Å². The van der Waals surface area contributed by atoms with E-state index in [0.717, 1.165) is 27.3 Å². The summed E-state index contributed by atoms with van der Waals surface area (Å²) in [5, 5.41) is 3.87. The highest BCUT2D eigenvalue weighted by molar-refractivity contribution is 6.27. The largest absolute Gasteiger partial charge is 0.456 e. The zero-order valence-electron chi connectivity index (χ0n) is 32.2. The topological polar surface area (TPSA) is 26.3 Å². The molecule has 0 unspecified atom stereocenters. The van der Waals surface area contributed by atoms with Crippen molar-refractivity contribution in [2.75, 3.05) is 0 Å². The van der Waals surface area contributed by atoms with E-state index in [9.17, 15) is 5.48 Å². The van der Waals surface area contributed by atoms with Gasteiger partial charge in [-0.05, 0) is 79.7 Å². The summed E-state index contributed by atoms with van der Waals surface area (Å²) in [6.45, 7) is 0. The van der Waals surface area contributed by atoms with Gasteiger partial charge in [-0.3, -0.25) is 0 Å². The lowest BCUT2D eigenvalue weighted by atomic mass is 9.82. The van der Waals surface area contributed by atoms with Crippen LogP contribution in [-0.4, -0.2) is 0 Å². The molecule has 0 aliphatic heterocycles. The fourth-order valence-corrected chi connectivity index (χ4v) is 6.98. The van der Waals surface area contributed by atoms with Crippen LogP contribution in [0.25, 0.3) is 98.8 Å². The summed E-state index contributed by atoms with van der Waals surface area (Å²) < 4.78 is 86.0. The molecule has 0 aliphatic rings. The van der Waals surface area contributed by atoms with Crippen molar-refractivity contribution in [3.63, 3.8) is 0 Å². The van der Waals surface area contributed by atoms with E-state index in [0.29, 0.717) is 44.4 Å². The van der Waals surface area contributed by atoms with E-state index in [4.69, 9.17) is 14.3 Å². The molecule has 0 fully saturated rings. The quantitative estimate of drug-likeness (QED) is 0.190. The smallest absolute Gasteiger partial charge is 0.136 e. The van der Waals surface area contributed by atoms with Gasteiger partial charge in [-0.1, -0.05) is 127 Å². The summed E-state index contributed by atoms with van der Waals surface area (Å²) in [6, 6.07) is 30.9. The van der Waals surface area contributed by atoms with E-state index in [2.05, 4.69) is 0 Å². The Morgan fingerprint density at radius 1 is 0.370 bits per heavy atom. The standard InChI is InChI=1S/C44H26O2/c1-2-12-27(13-3-1)41-32-15-4-6-17-34(32)42(35-18-7-5-16-33(35)41)44-29(24-25-39-43(44)36-19-9-11-21-38(36)45-39)28-22-23-31-30-14-8-10-20-37(30)46-40(31)26-28/h1-26H/i4D,5D,6D,7D,15D,16D,17D,18D. The van der Waals surface area contributed by atoms with Crippen LogP contribution in [0.3, 0.4) is 0 Å². The summed E-state index contributed by atoms with van der Waals surface area (Å²) in [5.74, 6) is 0. The van der Waals surface area contributed by atoms with Crippen molar-refractivity contribution in [1.82, 2.24) is 0 Å². The van der Waals surface area contributed by atoms with Crippen molar-refractivity contribution in [2.24, 2.45) is 0 Å². The molecule has 0 atom stereocenters. The monoisotopic (exact) mass is 594 g/mol. The molecule has 0 N–H and O–H groups in total. The third-order valence-corrected chi connectivity index (χ3v) is 8.92. The van der Waals surface area contributed by atoms with Gasteiger partial charge in [0.15, 0.2) is 0 Å². The SMILES string of the molecule is [2H]c1c([2H])c([2H])c2c(-c3c(-c4ccc5c(c4)oc4ccccc45)ccc4oc5ccccc5c34)c3c([2H])c([2H])c([2H])c([2H])c3c(-c3ccccc3)c2c1[2H]. The Bertz CT molecular complexity index is 3170. The molecular weight excluding hydrogens is 560 g/mol. The van der Waals surface area contributed by atoms with Crippen molar-refractivity contribution < 1.29 is 19.8 Å². The average molecular weight is 595 g/mol. The van der Waals surface area contributed by atoms with Crippen LogP contribution in [-0.2, 0) is 0 Å². The Kier molecular flexibility index (Phi) is 3.92. The molecule has 0 spiro atoms. The lowest BCUT2D eigenvalue weighted by Gasteiger charge is -2.20. The lowest BCUT2D eigenvalue weighted by Crippen LogP contribution is -1.93. The predicted octanol–water partition coefficient (Wildman–Crippen LogP) is 12.8. The summed E-state index contributed by atoms with van der Waals surface area (Å²) in [5.41, 5.74) is 5.51.